The van der Waals surface area contributed by atoms with Gasteiger partial charge in [-0.2, -0.15) is 5.10 Å². The SMILES string of the molecule is CCOc1c(Br)cc(C=NNC(=O)Cn2cnc3sc(C)c(C)c3c2=O)cc1OC. The summed E-state index contributed by atoms with van der Waals surface area (Å²) in [5.74, 6) is 0.713. The number of benzene rings is 1. The highest BCUT2D eigenvalue weighted by molar-refractivity contribution is 9.10. The summed E-state index contributed by atoms with van der Waals surface area (Å²) in [6, 6.07) is 3.54. The molecule has 3 aromatic rings. The number of hydrazone groups is 1. The maximum Gasteiger partial charge on any atom is 0.262 e. The molecule has 0 bridgehead atoms. The Morgan fingerprint density at radius 2 is 2.17 bits per heavy atom. The third-order valence-corrected chi connectivity index (χ3v) is 6.12. The Morgan fingerprint density at radius 3 is 2.87 bits per heavy atom. The predicted octanol–water partition coefficient (Wildman–Crippen LogP) is 3.39. The van der Waals surface area contributed by atoms with Crippen LogP contribution in [0.4, 0.5) is 0 Å². The van der Waals surface area contributed by atoms with Gasteiger partial charge in [-0.3, -0.25) is 14.2 Å². The summed E-state index contributed by atoms with van der Waals surface area (Å²) in [7, 11) is 1.55. The summed E-state index contributed by atoms with van der Waals surface area (Å²) < 4.78 is 12.9. The molecule has 2 aromatic heterocycles. The van der Waals surface area contributed by atoms with E-state index in [2.05, 4.69) is 31.4 Å². The number of rotatable bonds is 7. The average Bonchev–Trinajstić information content (AvgIpc) is 3.00. The van der Waals surface area contributed by atoms with Gasteiger partial charge in [-0.25, -0.2) is 10.4 Å². The summed E-state index contributed by atoms with van der Waals surface area (Å²) in [5.41, 5.74) is 3.79. The first kappa shape index (κ1) is 22.0. The van der Waals surface area contributed by atoms with E-state index in [0.717, 1.165) is 10.4 Å². The minimum Gasteiger partial charge on any atom is -0.493 e. The first-order chi connectivity index (χ1) is 14.3. The Balaban J connectivity index is 1.72. The van der Waals surface area contributed by atoms with Crippen LogP contribution in [0.2, 0.25) is 0 Å². The Bertz CT molecular complexity index is 1190. The Hall–Kier alpha value is -2.72. The van der Waals surface area contributed by atoms with Crippen molar-refractivity contribution in [3.05, 3.63) is 49.3 Å². The van der Waals surface area contributed by atoms with E-state index in [1.807, 2.05) is 20.8 Å². The van der Waals surface area contributed by atoms with Gasteiger partial charge < -0.3 is 9.47 Å². The second-order valence-electron chi connectivity index (χ2n) is 6.40. The average molecular weight is 493 g/mol. The third kappa shape index (κ3) is 4.54. The van der Waals surface area contributed by atoms with Gasteiger partial charge in [0.15, 0.2) is 11.5 Å². The number of nitrogens with zero attached hydrogens (tertiary/aromatic N) is 3. The number of carbonyl (C=O) groups excluding carboxylic acids is 1. The summed E-state index contributed by atoms with van der Waals surface area (Å²) in [6.45, 7) is 6.04. The molecular weight excluding hydrogens is 472 g/mol. The minimum absolute atomic E-state index is 0.177. The minimum atomic E-state index is -0.434. The maximum absolute atomic E-state index is 12.7. The fourth-order valence-electron chi connectivity index (χ4n) is 2.85. The number of nitrogens with one attached hydrogen (secondary N) is 1. The molecular formula is C20H21BrN4O4S. The monoisotopic (exact) mass is 492 g/mol. The van der Waals surface area contributed by atoms with Crippen molar-refractivity contribution < 1.29 is 14.3 Å². The smallest absolute Gasteiger partial charge is 0.262 e. The molecule has 0 aliphatic heterocycles. The van der Waals surface area contributed by atoms with Crippen molar-refractivity contribution in [1.82, 2.24) is 15.0 Å². The van der Waals surface area contributed by atoms with E-state index in [-0.39, 0.29) is 12.1 Å². The molecule has 1 aromatic carbocycles. The van der Waals surface area contributed by atoms with Crippen LogP contribution in [0.5, 0.6) is 11.5 Å². The Morgan fingerprint density at radius 1 is 1.40 bits per heavy atom. The quantitative estimate of drug-likeness (QED) is 0.402. The summed E-state index contributed by atoms with van der Waals surface area (Å²) in [4.78, 5) is 30.9. The van der Waals surface area contributed by atoms with Crippen LogP contribution >= 0.6 is 27.3 Å². The highest BCUT2D eigenvalue weighted by atomic mass is 79.9. The first-order valence-corrected chi connectivity index (χ1v) is 10.7. The molecule has 0 spiro atoms. The van der Waals surface area contributed by atoms with E-state index in [0.29, 0.717) is 38.4 Å². The number of hydrogen-bond acceptors (Lipinski definition) is 7. The van der Waals surface area contributed by atoms with Crippen LogP contribution in [0.1, 0.15) is 22.9 Å². The van der Waals surface area contributed by atoms with Crippen molar-refractivity contribution in [1.29, 1.82) is 0 Å². The van der Waals surface area contributed by atoms with Gasteiger partial charge in [0.25, 0.3) is 11.5 Å². The molecule has 10 heteroatoms. The number of ether oxygens (including phenoxy) is 2. The lowest BCUT2D eigenvalue weighted by atomic mass is 10.2. The molecule has 0 unspecified atom stereocenters. The van der Waals surface area contributed by atoms with Gasteiger partial charge in [-0.15, -0.1) is 11.3 Å². The normalized spacial score (nSPS) is 11.2. The summed E-state index contributed by atoms with van der Waals surface area (Å²) in [5, 5.41) is 4.53. The van der Waals surface area contributed by atoms with E-state index in [4.69, 9.17) is 9.47 Å². The number of methoxy groups -OCH3 is 1. The molecule has 30 heavy (non-hydrogen) atoms. The zero-order valence-electron chi connectivity index (χ0n) is 17.0. The maximum atomic E-state index is 12.7. The van der Waals surface area contributed by atoms with E-state index in [1.165, 1.54) is 28.4 Å². The molecule has 0 aliphatic carbocycles. The van der Waals surface area contributed by atoms with Crippen molar-refractivity contribution in [2.75, 3.05) is 13.7 Å². The Labute approximate surface area is 185 Å². The molecule has 1 N–H and O–H groups in total. The van der Waals surface area contributed by atoms with Crippen LogP contribution in [0.3, 0.4) is 0 Å². The molecule has 0 atom stereocenters. The fraction of sp³-hybridized carbons (Fsp3) is 0.300. The predicted molar refractivity (Wildman–Crippen MR) is 121 cm³/mol. The van der Waals surface area contributed by atoms with Gasteiger partial charge in [0.05, 0.1) is 36.1 Å². The zero-order chi connectivity index (χ0) is 21.8. The van der Waals surface area contributed by atoms with Gasteiger partial charge in [0, 0.05) is 4.88 Å². The number of aryl methyl sites for hydroxylation is 2. The number of aromatic nitrogens is 2. The molecule has 0 saturated heterocycles. The number of hydrogen-bond donors (Lipinski definition) is 1. The van der Waals surface area contributed by atoms with E-state index in [9.17, 15) is 9.59 Å². The molecule has 0 saturated carbocycles. The largest absolute Gasteiger partial charge is 0.493 e. The van der Waals surface area contributed by atoms with Crippen LogP contribution in [0.25, 0.3) is 10.2 Å². The fourth-order valence-corrected chi connectivity index (χ4v) is 4.41. The molecule has 0 radical (unpaired) electrons. The molecule has 3 rings (SSSR count). The molecule has 158 valence electrons. The number of carbonyl (C=O) groups is 1. The standard InChI is InChI=1S/C20H21BrN4O4S/c1-5-29-18-14(21)6-13(7-15(18)28-4)8-23-24-16(26)9-25-10-22-19-17(20(25)27)11(2)12(3)30-19/h6-8,10H,5,9H2,1-4H3,(H,24,26). The van der Waals surface area contributed by atoms with Gasteiger partial charge in [-0.05, 0) is 60.0 Å². The van der Waals surface area contributed by atoms with E-state index >= 15 is 0 Å². The van der Waals surface area contributed by atoms with Crippen LogP contribution in [0, 0.1) is 13.8 Å². The second kappa shape index (κ2) is 9.40. The van der Waals surface area contributed by atoms with Gasteiger partial charge >= 0.3 is 0 Å². The van der Waals surface area contributed by atoms with E-state index in [1.54, 1.807) is 19.2 Å². The lowest BCUT2D eigenvalue weighted by Crippen LogP contribution is -2.30. The highest BCUT2D eigenvalue weighted by Gasteiger charge is 2.14. The van der Waals surface area contributed by atoms with Gasteiger partial charge in [0.2, 0.25) is 0 Å². The third-order valence-electron chi connectivity index (χ3n) is 4.41. The van der Waals surface area contributed by atoms with Crippen molar-refractivity contribution in [2.45, 2.75) is 27.3 Å². The molecule has 1 amide bonds. The lowest BCUT2D eigenvalue weighted by Gasteiger charge is -2.12. The number of fused-ring (bicyclic) bond motifs is 1. The van der Waals surface area contributed by atoms with Gasteiger partial charge in [0.1, 0.15) is 11.4 Å². The summed E-state index contributed by atoms with van der Waals surface area (Å²) >= 11 is 4.91. The second-order valence-corrected chi connectivity index (χ2v) is 8.46. The zero-order valence-corrected chi connectivity index (χ0v) is 19.4. The first-order valence-electron chi connectivity index (χ1n) is 9.13. The molecule has 0 fully saturated rings. The number of thiophene rings is 1. The topological polar surface area (TPSA) is 94.8 Å². The molecule has 0 aliphatic rings. The number of amides is 1. The lowest BCUT2D eigenvalue weighted by molar-refractivity contribution is -0.121. The van der Waals surface area contributed by atoms with Crippen molar-refractivity contribution in [2.24, 2.45) is 5.10 Å². The summed E-state index contributed by atoms with van der Waals surface area (Å²) in [6.07, 6.45) is 2.87. The molecule has 2 heterocycles. The van der Waals surface area contributed by atoms with Crippen LogP contribution in [0.15, 0.2) is 32.8 Å². The van der Waals surface area contributed by atoms with Crippen LogP contribution < -0.4 is 20.5 Å². The Kier molecular flexibility index (Phi) is 6.88. The van der Waals surface area contributed by atoms with Crippen molar-refractivity contribution >= 4 is 49.6 Å². The number of halogens is 1. The van der Waals surface area contributed by atoms with Crippen LogP contribution in [-0.2, 0) is 11.3 Å². The van der Waals surface area contributed by atoms with E-state index < -0.39 is 5.91 Å². The molecule has 8 nitrogen and oxygen atoms in total. The highest BCUT2D eigenvalue weighted by Crippen LogP contribution is 2.36. The van der Waals surface area contributed by atoms with Crippen LogP contribution in [-0.4, -0.2) is 35.4 Å². The van der Waals surface area contributed by atoms with Gasteiger partial charge in [-0.1, -0.05) is 0 Å². The van der Waals surface area contributed by atoms with Crippen molar-refractivity contribution in [3.8, 4) is 11.5 Å². The van der Waals surface area contributed by atoms with Crippen molar-refractivity contribution in [3.63, 3.8) is 0 Å².